The third-order valence-corrected chi connectivity index (χ3v) is 3.81. The van der Waals surface area contributed by atoms with Crippen LogP contribution in [0.4, 0.5) is 17.1 Å². The summed E-state index contributed by atoms with van der Waals surface area (Å²) in [6, 6.07) is 12.0. The highest BCUT2D eigenvalue weighted by molar-refractivity contribution is 5.85. The van der Waals surface area contributed by atoms with Gasteiger partial charge in [-0.05, 0) is 48.4 Å². The van der Waals surface area contributed by atoms with E-state index in [1.165, 1.54) is 11.3 Å². The minimum absolute atomic E-state index is 0. The van der Waals surface area contributed by atoms with Gasteiger partial charge in [-0.1, -0.05) is 0 Å². The summed E-state index contributed by atoms with van der Waals surface area (Å²) in [5.74, 6) is 0. The van der Waals surface area contributed by atoms with Crippen molar-refractivity contribution >= 4 is 40.5 Å². The average Bonchev–Trinajstić information content (AvgIpc) is 2.99. The van der Waals surface area contributed by atoms with Crippen LogP contribution in [0, 0.1) is 0 Å². The highest BCUT2D eigenvalue weighted by Gasteiger charge is 2.20. The molecule has 5 nitrogen and oxygen atoms in total. The highest BCUT2D eigenvalue weighted by atomic mass is 35.5. The van der Waals surface area contributed by atoms with Gasteiger partial charge in [-0.3, -0.25) is 0 Å². The molecular formula is C15H15ClN4O. The normalized spacial score (nSPS) is 13.2. The lowest BCUT2D eigenvalue weighted by Gasteiger charge is -2.19. The number of fused-ring (bicyclic) bond motifs is 2. The van der Waals surface area contributed by atoms with Gasteiger partial charge >= 0.3 is 5.69 Å². The van der Waals surface area contributed by atoms with Crippen molar-refractivity contribution in [1.82, 2.24) is 9.97 Å². The smallest absolute Gasteiger partial charge is 0.323 e. The molecule has 0 aliphatic carbocycles. The summed E-state index contributed by atoms with van der Waals surface area (Å²) in [6.45, 7) is 0.930. The van der Waals surface area contributed by atoms with E-state index in [9.17, 15) is 4.79 Å². The Morgan fingerprint density at radius 3 is 2.71 bits per heavy atom. The molecule has 0 atom stereocenters. The van der Waals surface area contributed by atoms with Crippen LogP contribution in [0.2, 0.25) is 0 Å². The monoisotopic (exact) mass is 302 g/mol. The number of aromatic amines is 2. The molecule has 21 heavy (non-hydrogen) atoms. The molecule has 108 valence electrons. The number of halogens is 1. The summed E-state index contributed by atoms with van der Waals surface area (Å²) < 4.78 is 0. The Morgan fingerprint density at radius 1 is 1.05 bits per heavy atom. The van der Waals surface area contributed by atoms with Gasteiger partial charge in [0.2, 0.25) is 0 Å². The second-order valence-electron chi connectivity index (χ2n) is 5.10. The van der Waals surface area contributed by atoms with Gasteiger partial charge in [-0.2, -0.15) is 0 Å². The largest absolute Gasteiger partial charge is 0.399 e. The van der Waals surface area contributed by atoms with Crippen molar-refractivity contribution in [2.45, 2.75) is 6.42 Å². The second-order valence-corrected chi connectivity index (χ2v) is 5.10. The van der Waals surface area contributed by atoms with E-state index in [0.29, 0.717) is 0 Å². The first-order valence-corrected chi connectivity index (χ1v) is 6.59. The zero-order chi connectivity index (χ0) is 13.7. The first-order valence-electron chi connectivity index (χ1n) is 6.59. The molecule has 0 spiro atoms. The van der Waals surface area contributed by atoms with Crippen molar-refractivity contribution in [3.05, 3.63) is 52.4 Å². The number of aromatic nitrogens is 2. The van der Waals surface area contributed by atoms with Crippen LogP contribution in [0.1, 0.15) is 5.56 Å². The van der Waals surface area contributed by atoms with E-state index in [4.69, 9.17) is 5.73 Å². The van der Waals surface area contributed by atoms with Crippen molar-refractivity contribution < 1.29 is 0 Å². The van der Waals surface area contributed by atoms with Crippen LogP contribution in [-0.4, -0.2) is 16.5 Å². The standard InChI is InChI=1S/C15H14N4O.ClH/c16-10-1-4-14-9(7-10)5-6-19(14)11-2-3-12-13(8-11)18-15(20)17-12;/h1-4,7-8H,5-6,16H2,(H2,17,18,20);1H. The lowest BCUT2D eigenvalue weighted by atomic mass is 10.1. The molecule has 4 rings (SSSR count). The molecule has 0 unspecified atom stereocenters. The van der Waals surface area contributed by atoms with E-state index in [2.05, 4.69) is 20.9 Å². The topological polar surface area (TPSA) is 77.9 Å². The van der Waals surface area contributed by atoms with Gasteiger partial charge in [0.05, 0.1) is 11.0 Å². The molecular weight excluding hydrogens is 288 g/mol. The lowest BCUT2D eigenvalue weighted by Crippen LogP contribution is -2.12. The van der Waals surface area contributed by atoms with Crippen molar-refractivity contribution in [3.8, 4) is 0 Å². The molecule has 0 bridgehead atoms. The Balaban J connectivity index is 0.00000132. The number of hydrogen-bond donors (Lipinski definition) is 3. The van der Waals surface area contributed by atoms with Gasteiger partial charge in [-0.25, -0.2) is 4.79 Å². The molecule has 0 saturated heterocycles. The summed E-state index contributed by atoms with van der Waals surface area (Å²) in [7, 11) is 0. The molecule has 0 radical (unpaired) electrons. The van der Waals surface area contributed by atoms with Crippen LogP contribution in [-0.2, 0) is 6.42 Å². The molecule has 1 aromatic heterocycles. The maximum absolute atomic E-state index is 11.3. The van der Waals surface area contributed by atoms with E-state index < -0.39 is 0 Å². The molecule has 1 aliphatic heterocycles. The lowest BCUT2D eigenvalue weighted by molar-refractivity contribution is 0.999. The molecule has 0 saturated carbocycles. The Labute approximate surface area is 127 Å². The van der Waals surface area contributed by atoms with Gasteiger partial charge in [0.1, 0.15) is 0 Å². The van der Waals surface area contributed by atoms with Crippen LogP contribution >= 0.6 is 12.4 Å². The van der Waals surface area contributed by atoms with Crippen LogP contribution in [0.15, 0.2) is 41.2 Å². The number of imidazole rings is 1. The first kappa shape index (κ1) is 13.6. The maximum Gasteiger partial charge on any atom is 0.323 e. The number of H-pyrrole nitrogens is 2. The van der Waals surface area contributed by atoms with E-state index >= 15 is 0 Å². The number of rotatable bonds is 1. The van der Waals surface area contributed by atoms with Gasteiger partial charge in [-0.15, -0.1) is 12.4 Å². The van der Waals surface area contributed by atoms with Gasteiger partial charge < -0.3 is 20.6 Å². The molecule has 3 aromatic rings. The number of nitrogens with one attached hydrogen (secondary N) is 2. The fourth-order valence-corrected chi connectivity index (χ4v) is 2.88. The fraction of sp³-hybridized carbons (Fsp3) is 0.133. The van der Waals surface area contributed by atoms with Crippen LogP contribution in [0.25, 0.3) is 11.0 Å². The predicted octanol–water partition coefficient (Wildman–Crippen LogP) is 2.55. The number of nitrogens with two attached hydrogens (primary N) is 1. The van der Waals surface area contributed by atoms with Crippen molar-refractivity contribution in [3.63, 3.8) is 0 Å². The number of anilines is 3. The number of hydrogen-bond acceptors (Lipinski definition) is 3. The minimum atomic E-state index is -0.174. The zero-order valence-corrected chi connectivity index (χ0v) is 12.0. The molecule has 6 heteroatoms. The highest BCUT2D eigenvalue weighted by Crippen LogP contribution is 2.36. The summed E-state index contributed by atoms with van der Waals surface area (Å²) >= 11 is 0. The van der Waals surface area contributed by atoms with Crippen LogP contribution in [0.5, 0.6) is 0 Å². The first-order chi connectivity index (χ1) is 9.70. The van der Waals surface area contributed by atoms with E-state index in [1.807, 2.05) is 30.3 Å². The number of benzene rings is 2. The Hall–Kier alpha value is -2.40. The molecule has 0 amide bonds. The summed E-state index contributed by atoms with van der Waals surface area (Å²) in [6.07, 6.45) is 0.988. The van der Waals surface area contributed by atoms with E-state index in [-0.39, 0.29) is 18.1 Å². The summed E-state index contributed by atoms with van der Waals surface area (Å²) in [5, 5.41) is 0. The van der Waals surface area contributed by atoms with Crippen molar-refractivity contribution in [2.75, 3.05) is 17.2 Å². The third kappa shape index (κ3) is 2.15. The van der Waals surface area contributed by atoms with Gasteiger partial charge in [0.15, 0.2) is 0 Å². The molecule has 2 aromatic carbocycles. The van der Waals surface area contributed by atoms with Crippen LogP contribution < -0.4 is 16.3 Å². The van der Waals surface area contributed by atoms with Gasteiger partial charge in [0.25, 0.3) is 0 Å². The van der Waals surface area contributed by atoms with E-state index in [0.717, 1.165) is 35.4 Å². The van der Waals surface area contributed by atoms with E-state index in [1.54, 1.807) is 0 Å². The molecule has 1 aliphatic rings. The number of nitrogens with zero attached hydrogens (tertiary/aromatic N) is 1. The summed E-state index contributed by atoms with van der Waals surface area (Å²) in [5.41, 5.74) is 11.7. The van der Waals surface area contributed by atoms with Crippen LogP contribution in [0.3, 0.4) is 0 Å². The van der Waals surface area contributed by atoms with Crippen molar-refractivity contribution in [2.24, 2.45) is 0 Å². The predicted molar refractivity (Wildman–Crippen MR) is 87.7 cm³/mol. The third-order valence-electron chi connectivity index (χ3n) is 3.81. The zero-order valence-electron chi connectivity index (χ0n) is 11.2. The minimum Gasteiger partial charge on any atom is -0.399 e. The maximum atomic E-state index is 11.3. The number of nitrogen functional groups attached to an aromatic ring is 1. The Kier molecular flexibility index (Phi) is 3.14. The average molecular weight is 303 g/mol. The van der Waals surface area contributed by atoms with Gasteiger partial charge in [0, 0.05) is 23.6 Å². The Morgan fingerprint density at radius 2 is 1.86 bits per heavy atom. The Bertz CT molecular complexity index is 867. The fourth-order valence-electron chi connectivity index (χ4n) is 2.88. The molecule has 0 fully saturated rings. The summed E-state index contributed by atoms with van der Waals surface area (Å²) in [4.78, 5) is 19.1. The SMILES string of the molecule is Cl.Nc1ccc2c(c1)CCN2c1ccc2[nH]c(=O)[nH]c2c1. The quantitative estimate of drug-likeness (QED) is 0.605. The second kappa shape index (κ2) is 4.86. The molecule has 4 N–H and O–H groups in total. The van der Waals surface area contributed by atoms with Crippen molar-refractivity contribution in [1.29, 1.82) is 0 Å². The molecule has 2 heterocycles.